The first-order chi connectivity index (χ1) is 9.19. The van der Waals surface area contributed by atoms with Crippen LogP contribution in [-0.4, -0.2) is 20.0 Å². The number of aryl methyl sites for hydroxylation is 1. The van der Waals surface area contributed by atoms with Crippen LogP contribution in [0.1, 0.15) is 42.9 Å². The molecule has 0 aromatic heterocycles. The maximum Gasteiger partial charge on any atom is 0.227 e. The first-order valence-electron chi connectivity index (χ1n) is 7.25. The van der Waals surface area contributed by atoms with E-state index in [0.717, 1.165) is 18.0 Å². The second-order valence-corrected chi connectivity index (χ2v) is 5.86. The minimum atomic E-state index is 0.225. The molecule has 2 aliphatic rings. The van der Waals surface area contributed by atoms with Gasteiger partial charge in [0.15, 0.2) is 0 Å². The van der Waals surface area contributed by atoms with E-state index in [2.05, 4.69) is 23.5 Å². The molecular weight excluding hydrogens is 236 g/mol. The third-order valence-corrected chi connectivity index (χ3v) is 4.46. The smallest absolute Gasteiger partial charge is 0.227 e. The predicted molar refractivity (Wildman–Crippen MR) is 77.3 cm³/mol. The Morgan fingerprint density at radius 3 is 2.84 bits per heavy atom. The molecule has 1 aliphatic carbocycles. The van der Waals surface area contributed by atoms with Crippen LogP contribution in [0.15, 0.2) is 18.2 Å². The van der Waals surface area contributed by atoms with E-state index in [0.29, 0.717) is 12.5 Å². The third kappa shape index (κ3) is 2.52. The van der Waals surface area contributed by atoms with Crippen LogP contribution in [-0.2, 0) is 11.2 Å². The van der Waals surface area contributed by atoms with Gasteiger partial charge < -0.3 is 10.2 Å². The van der Waals surface area contributed by atoms with Crippen molar-refractivity contribution in [1.29, 1.82) is 0 Å². The van der Waals surface area contributed by atoms with Crippen molar-refractivity contribution >= 4 is 11.6 Å². The quantitative estimate of drug-likeness (QED) is 0.900. The van der Waals surface area contributed by atoms with Gasteiger partial charge in [0.2, 0.25) is 5.91 Å². The Hall–Kier alpha value is -1.35. The summed E-state index contributed by atoms with van der Waals surface area (Å²) in [6.45, 7) is 0. The lowest BCUT2D eigenvalue weighted by molar-refractivity contribution is -0.118. The summed E-state index contributed by atoms with van der Waals surface area (Å²) >= 11 is 0. The Morgan fingerprint density at radius 2 is 2.16 bits per heavy atom. The third-order valence-electron chi connectivity index (χ3n) is 4.46. The molecule has 1 amide bonds. The molecule has 0 bridgehead atoms. The summed E-state index contributed by atoms with van der Waals surface area (Å²) in [4.78, 5) is 13.5. The Labute approximate surface area is 115 Å². The number of nitrogens with one attached hydrogen (secondary N) is 1. The highest BCUT2D eigenvalue weighted by Gasteiger charge is 2.27. The van der Waals surface area contributed by atoms with Crippen molar-refractivity contribution in [3.8, 4) is 0 Å². The van der Waals surface area contributed by atoms with Crippen molar-refractivity contribution < 1.29 is 4.79 Å². The molecule has 1 fully saturated rings. The van der Waals surface area contributed by atoms with E-state index >= 15 is 0 Å². The average Bonchev–Trinajstić information content (AvgIpc) is 3.24. The van der Waals surface area contributed by atoms with Crippen molar-refractivity contribution in [2.75, 3.05) is 19.0 Å². The number of rotatable bonds is 4. The average molecular weight is 258 g/mol. The lowest BCUT2D eigenvalue weighted by Crippen LogP contribution is -2.31. The van der Waals surface area contributed by atoms with Crippen LogP contribution in [0.25, 0.3) is 0 Å². The van der Waals surface area contributed by atoms with Crippen LogP contribution < -0.4 is 10.2 Å². The molecule has 0 radical (unpaired) electrons. The summed E-state index contributed by atoms with van der Waals surface area (Å²) < 4.78 is 0. The summed E-state index contributed by atoms with van der Waals surface area (Å²) in [5.41, 5.74) is 3.77. The molecule has 1 N–H and O–H groups in total. The number of anilines is 1. The van der Waals surface area contributed by atoms with Gasteiger partial charge in [-0.3, -0.25) is 4.79 Å². The van der Waals surface area contributed by atoms with Crippen LogP contribution in [0.3, 0.4) is 0 Å². The summed E-state index contributed by atoms with van der Waals surface area (Å²) in [5.74, 6) is 1.14. The largest absolute Gasteiger partial charge is 0.315 e. The van der Waals surface area contributed by atoms with Gasteiger partial charge in [0.05, 0.1) is 0 Å². The van der Waals surface area contributed by atoms with E-state index in [1.165, 1.54) is 30.4 Å². The molecule has 102 valence electrons. The molecule has 1 atom stereocenters. The van der Waals surface area contributed by atoms with Gasteiger partial charge in [-0.05, 0) is 43.0 Å². The highest BCUT2D eigenvalue weighted by Crippen LogP contribution is 2.38. The fourth-order valence-corrected chi connectivity index (χ4v) is 3.00. The monoisotopic (exact) mass is 258 g/mol. The van der Waals surface area contributed by atoms with E-state index in [4.69, 9.17) is 0 Å². The van der Waals surface area contributed by atoms with Crippen LogP contribution in [0.5, 0.6) is 0 Å². The number of carbonyl (C=O) groups is 1. The van der Waals surface area contributed by atoms with E-state index in [9.17, 15) is 4.79 Å². The molecule has 1 aromatic carbocycles. The zero-order chi connectivity index (χ0) is 13.4. The van der Waals surface area contributed by atoms with Gasteiger partial charge in [-0.15, -0.1) is 0 Å². The number of benzene rings is 1. The molecule has 19 heavy (non-hydrogen) atoms. The Balaban J connectivity index is 1.85. The molecule has 1 aromatic rings. The van der Waals surface area contributed by atoms with E-state index in [1.54, 1.807) is 4.90 Å². The summed E-state index contributed by atoms with van der Waals surface area (Å²) in [6, 6.07) is 7.04. The SMILES string of the molecule is CNC(CC1CC1)c1ccc2c(c1)CCC(=O)N2C. The number of nitrogens with zero attached hydrogens (tertiary/aromatic N) is 1. The summed E-state index contributed by atoms with van der Waals surface area (Å²) in [5, 5.41) is 3.44. The maximum atomic E-state index is 11.7. The van der Waals surface area contributed by atoms with E-state index in [-0.39, 0.29) is 5.91 Å². The first-order valence-corrected chi connectivity index (χ1v) is 7.25. The fourth-order valence-electron chi connectivity index (χ4n) is 3.00. The highest BCUT2D eigenvalue weighted by molar-refractivity contribution is 5.95. The Kier molecular flexibility index (Phi) is 3.31. The number of hydrogen-bond donors (Lipinski definition) is 1. The van der Waals surface area contributed by atoms with Gasteiger partial charge in [-0.1, -0.05) is 25.0 Å². The van der Waals surface area contributed by atoms with Crippen LogP contribution in [0, 0.1) is 5.92 Å². The van der Waals surface area contributed by atoms with Gasteiger partial charge in [0.1, 0.15) is 0 Å². The van der Waals surface area contributed by atoms with E-state index < -0.39 is 0 Å². The second-order valence-electron chi connectivity index (χ2n) is 5.86. The number of fused-ring (bicyclic) bond motifs is 1. The van der Waals surface area contributed by atoms with E-state index in [1.807, 2.05) is 14.1 Å². The molecule has 1 saturated carbocycles. The highest BCUT2D eigenvalue weighted by atomic mass is 16.2. The molecule has 0 spiro atoms. The van der Waals surface area contributed by atoms with Gasteiger partial charge in [0.25, 0.3) is 0 Å². The molecule has 0 saturated heterocycles. The van der Waals surface area contributed by atoms with Crippen LogP contribution in [0.4, 0.5) is 5.69 Å². The Morgan fingerprint density at radius 1 is 1.37 bits per heavy atom. The minimum Gasteiger partial charge on any atom is -0.315 e. The lowest BCUT2D eigenvalue weighted by atomic mass is 9.94. The molecular formula is C16H22N2O. The van der Waals surface area contributed by atoms with Gasteiger partial charge >= 0.3 is 0 Å². The maximum absolute atomic E-state index is 11.7. The zero-order valence-corrected chi connectivity index (χ0v) is 11.8. The van der Waals surface area contributed by atoms with Crippen molar-refractivity contribution in [3.63, 3.8) is 0 Å². The van der Waals surface area contributed by atoms with Crippen molar-refractivity contribution in [2.45, 2.75) is 38.1 Å². The molecule has 3 rings (SSSR count). The van der Waals surface area contributed by atoms with Crippen molar-refractivity contribution in [1.82, 2.24) is 5.32 Å². The molecule has 3 heteroatoms. The zero-order valence-electron chi connectivity index (χ0n) is 11.8. The number of amides is 1. The van der Waals surface area contributed by atoms with Gasteiger partial charge in [-0.2, -0.15) is 0 Å². The fraction of sp³-hybridized carbons (Fsp3) is 0.562. The topological polar surface area (TPSA) is 32.3 Å². The minimum absolute atomic E-state index is 0.225. The van der Waals surface area contributed by atoms with Crippen molar-refractivity contribution in [2.24, 2.45) is 5.92 Å². The predicted octanol–water partition coefficient (Wildman–Crippen LogP) is 2.66. The summed E-state index contributed by atoms with van der Waals surface area (Å²) in [7, 11) is 3.92. The summed E-state index contributed by atoms with van der Waals surface area (Å²) in [6.07, 6.45) is 5.54. The standard InChI is InChI=1S/C16H22N2O/c1-17-14(9-11-3-4-11)12-5-7-15-13(10-12)6-8-16(19)18(15)2/h5,7,10-11,14,17H,3-4,6,8-9H2,1-2H3. The Bertz CT molecular complexity index is 494. The molecule has 1 aliphatic heterocycles. The van der Waals surface area contributed by atoms with Gasteiger partial charge in [-0.25, -0.2) is 0 Å². The second kappa shape index (κ2) is 4.97. The van der Waals surface area contributed by atoms with Gasteiger partial charge in [0, 0.05) is 25.2 Å². The molecule has 3 nitrogen and oxygen atoms in total. The first kappa shape index (κ1) is 12.7. The van der Waals surface area contributed by atoms with Crippen LogP contribution in [0.2, 0.25) is 0 Å². The number of hydrogen-bond acceptors (Lipinski definition) is 2. The lowest BCUT2D eigenvalue weighted by Gasteiger charge is -2.27. The van der Waals surface area contributed by atoms with Crippen LogP contribution >= 0.6 is 0 Å². The van der Waals surface area contributed by atoms with Crippen molar-refractivity contribution in [3.05, 3.63) is 29.3 Å². The normalized spacial score (nSPS) is 20.3. The molecule has 1 unspecified atom stereocenters. The number of carbonyl (C=O) groups excluding carboxylic acids is 1. The molecule has 1 heterocycles.